The fourth-order valence-electron chi connectivity index (χ4n) is 1.52. The smallest absolute Gasteiger partial charge is 0.220 e. The summed E-state index contributed by atoms with van der Waals surface area (Å²) in [6.07, 6.45) is 7.39. The molecule has 0 heterocycles. The lowest BCUT2D eigenvalue weighted by atomic mass is 10.1. The molecule has 1 atom stereocenters. The number of carbonyl (C=O) groups excluding carboxylic acids is 2. The molecule has 0 saturated heterocycles. The zero-order valence-corrected chi connectivity index (χ0v) is 10.2. The zero-order valence-electron chi connectivity index (χ0n) is 10.2. The van der Waals surface area contributed by atoms with E-state index in [1.54, 1.807) is 0 Å². The van der Waals surface area contributed by atoms with E-state index in [-0.39, 0.29) is 5.91 Å². The first-order chi connectivity index (χ1) is 7.74. The highest BCUT2D eigenvalue weighted by Crippen LogP contribution is 2.04. The maximum absolute atomic E-state index is 11.4. The number of carbonyl (C=O) groups is 2. The van der Waals surface area contributed by atoms with Crippen LogP contribution in [-0.4, -0.2) is 24.8 Å². The van der Waals surface area contributed by atoms with Gasteiger partial charge in [0.25, 0.3) is 0 Å². The van der Waals surface area contributed by atoms with Crippen molar-refractivity contribution in [1.29, 1.82) is 0 Å². The number of hydrogen-bond donors (Lipinski definition) is 2. The molecular formula is C12H24N2O2. The van der Waals surface area contributed by atoms with Gasteiger partial charge < -0.3 is 15.8 Å². The molecule has 4 nitrogen and oxygen atoms in total. The van der Waals surface area contributed by atoms with Crippen LogP contribution in [0.4, 0.5) is 0 Å². The maximum Gasteiger partial charge on any atom is 0.220 e. The molecule has 0 aliphatic heterocycles. The van der Waals surface area contributed by atoms with Gasteiger partial charge in [-0.3, -0.25) is 4.79 Å². The molecule has 0 aromatic rings. The predicted molar refractivity (Wildman–Crippen MR) is 65.0 cm³/mol. The van der Waals surface area contributed by atoms with Crippen molar-refractivity contribution in [2.24, 2.45) is 5.73 Å². The Morgan fingerprint density at radius 3 is 2.56 bits per heavy atom. The Bertz CT molecular complexity index is 195. The van der Waals surface area contributed by atoms with E-state index in [2.05, 4.69) is 12.2 Å². The Hall–Kier alpha value is -0.900. The Balaban J connectivity index is 3.52. The zero-order chi connectivity index (χ0) is 12.2. The first-order valence-electron chi connectivity index (χ1n) is 6.19. The minimum atomic E-state index is -0.409. The number of hydrogen-bond acceptors (Lipinski definition) is 3. The molecule has 0 radical (unpaired) electrons. The molecule has 0 saturated carbocycles. The third-order valence-corrected chi connectivity index (χ3v) is 2.50. The molecule has 0 aromatic carbocycles. The molecule has 0 fully saturated rings. The Labute approximate surface area is 98.0 Å². The molecule has 0 unspecified atom stereocenters. The van der Waals surface area contributed by atoms with Gasteiger partial charge in [0.2, 0.25) is 5.91 Å². The minimum Gasteiger partial charge on any atom is -0.347 e. The number of rotatable bonds is 10. The van der Waals surface area contributed by atoms with Crippen molar-refractivity contribution in [2.75, 3.05) is 6.54 Å². The van der Waals surface area contributed by atoms with Crippen LogP contribution in [-0.2, 0) is 9.59 Å². The number of nitrogens with one attached hydrogen (secondary N) is 1. The van der Waals surface area contributed by atoms with E-state index >= 15 is 0 Å². The quantitative estimate of drug-likeness (QED) is 0.438. The van der Waals surface area contributed by atoms with E-state index in [4.69, 9.17) is 5.73 Å². The highest BCUT2D eigenvalue weighted by molar-refractivity contribution is 5.79. The summed E-state index contributed by atoms with van der Waals surface area (Å²) in [6.45, 7) is 2.58. The van der Waals surface area contributed by atoms with E-state index in [1.807, 2.05) is 0 Å². The van der Waals surface area contributed by atoms with Crippen LogP contribution in [0.1, 0.15) is 51.9 Å². The molecule has 0 aromatic heterocycles. The van der Waals surface area contributed by atoms with Crippen molar-refractivity contribution in [3.05, 3.63) is 0 Å². The lowest BCUT2D eigenvalue weighted by molar-refractivity contribution is -0.124. The van der Waals surface area contributed by atoms with Gasteiger partial charge in [0.05, 0.1) is 6.04 Å². The number of nitrogens with two attached hydrogens (primary N) is 1. The normalized spacial score (nSPS) is 12.1. The molecule has 4 heteroatoms. The summed E-state index contributed by atoms with van der Waals surface area (Å²) < 4.78 is 0. The maximum atomic E-state index is 11.4. The van der Waals surface area contributed by atoms with Crippen molar-refractivity contribution in [3.63, 3.8) is 0 Å². The van der Waals surface area contributed by atoms with Gasteiger partial charge in [-0.2, -0.15) is 0 Å². The Morgan fingerprint density at radius 1 is 1.31 bits per heavy atom. The van der Waals surface area contributed by atoms with Crippen LogP contribution in [0.25, 0.3) is 0 Å². The summed E-state index contributed by atoms with van der Waals surface area (Å²) in [5, 5.41) is 2.67. The van der Waals surface area contributed by atoms with Crippen LogP contribution >= 0.6 is 0 Å². The topological polar surface area (TPSA) is 72.2 Å². The second kappa shape index (κ2) is 10.6. The van der Waals surface area contributed by atoms with Crippen molar-refractivity contribution in [2.45, 2.75) is 57.9 Å². The van der Waals surface area contributed by atoms with Crippen molar-refractivity contribution in [1.82, 2.24) is 5.32 Å². The van der Waals surface area contributed by atoms with E-state index < -0.39 is 6.04 Å². The molecule has 0 bridgehead atoms. The SMILES string of the molecule is CCCCCCCC(=O)N[C@H](C=O)CCN. The summed E-state index contributed by atoms with van der Waals surface area (Å²) >= 11 is 0. The third-order valence-electron chi connectivity index (χ3n) is 2.50. The molecule has 0 rings (SSSR count). The number of amides is 1. The van der Waals surface area contributed by atoms with Gasteiger partial charge >= 0.3 is 0 Å². The molecule has 0 aliphatic carbocycles. The highest BCUT2D eigenvalue weighted by atomic mass is 16.2. The van der Waals surface area contributed by atoms with Gasteiger partial charge in [-0.1, -0.05) is 32.6 Å². The van der Waals surface area contributed by atoms with E-state index in [0.717, 1.165) is 19.1 Å². The minimum absolute atomic E-state index is 0.0398. The van der Waals surface area contributed by atoms with Crippen LogP contribution < -0.4 is 11.1 Å². The van der Waals surface area contributed by atoms with Crippen LogP contribution in [0.3, 0.4) is 0 Å². The first kappa shape index (κ1) is 15.1. The largest absolute Gasteiger partial charge is 0.347 e. The van der Waals surface area contributed by atoms with E-state index in [9.17, 15) is 9.59 Å². The standard InChI is InChI=1S/C12H24N2O2/c1-2-3-4-5-6-7-12(16)14-11(10-15)8-9-13/h10-11H,2-9,13H2,1H3,(H,14,16)/t11-/m0/s1. The fraction of sp³-hybridized carbons (Fsp3) is 0.833. The van der Waals surface area contributed by atoms with Gasteiger partial charge in [-0.15, -0.1) is 0 Å². The second-order valence-corrected chi connectivity index (χ2v) is 4.05. The van der Waals surface area contributed by atoms with Gasteiger partial charge in [0, 0.05) is 6.42 Å². The van der Waals surface area contributed by atoms with Crippen molar-refractivity contribution in [3.8, 4) is 0 Å². The molecule has 16 heavy (non-hydrogen) atoms. The molecule has 0 aliphatic rings. The lowest BCUT2D eigenvalue weighted by Gasteiger charge is -2.11. The van der Waals surface area contributed by atoms with Crippen LogP contribution in [0.2, 0.25) is 0 Å². The number of aldehydes is 1. The average molecular weight is 228 g/mol. The van der Waals surface area contributed by atoms with Crippen LogP contribution in [0.5, 0.6) is 0 Å². The highest BCUT2D eigenvalue weighted by Gasteiger charge is 2.09. The van der Waals surface area contributed by atoms with Crippen LogP contribution in [0, 0.1) is 0 Å². The van der Waals surface area contributed by atoms with E-state index in [1.165, 1.54) is 19.3 Å². The fourth-order valence-corrected chi connectivity index (χ4v) is 1.52. The average Bonchev–Trinajstić information content (AvgIpc) is 2.28. The van der Waals surface area contributed by atoms with Gasteiger partial charge in [-0.25, -0.2) is 0 Å². The Kier molecular flexibility index (Phi) is 10.0. The summed E-state index contributed by atoms with van der Waals surface area (Å²) in [4.78, 5) is 22.0. The van der Waals surface area contributed by atoms with Gasteiger partial charge in [-0.05, 0) is 19.4 Å². The second-order valence-electron chi connectivity index (χ2n) is 4.05. The van der Waals surface area contributed by atoms with Crippen molar-refractivity contribution < 1.29 is 9.59 Å². The predicted octanol–water partition coefficient (Wildman–Crippen LogP) is 1.38. The Morgan fingerprint density at radius 2 is 2.00 bits per heavy atom. The molecule has 94 valence electrons. The van der Waals surface area contributed by atoms with Crippen molar-refractivity contribution >= 4 is 12.2 Å². The summed E-state index contributed by atoms with van der Waals surface area (Å²) in [7, 11) is 0. The first-order valence-corrected chi connectivity index (χ1v) is 6.19. The van der Waals surface area contributed by atoms with Gasteiger partial charge in [0.15, 0.2) is 0 Å². The monoisotopic (exact) mass is 228 g/mol. The van der Waals surface area contributed by atoms with E-state index in [0.29, 0.717) is 19.4 Å². The molecule has 3 N–H and O–H groups in total. The number of unbranched alkanes of at least 4 members (excludes halogenated alkanes) is 4. The molecular weight excluding hydrogens is 204 g/mol. The third kappa shape index (κ3) is 8.41. The van der Waals surface area contributed by atoms with Crippen LogP contribution in [0.15, 0.2) is 0 Å². The molecule has 0 spiro atoms. The summed E-state index contributed by atoms with van der Waals surface area (Å²) in [5.41, 5.74) is 5.33. The van der Waals surface area contributed by atoms with Gasteiger partial charge in [0.1, 0.15) is 6.29 Å². The molecule has 1 amide bonds. The lowest BCUT2D eigenvalue weighted by Crippen LogP contribution is -2.37. The summed E-state index contributed by atoms with van der Waals surface area (Å²) in [5.74, 6) is -0.0398. The summed E-state index contributed by atoms with van der Waals surface area (Å²) in [6, 6.07) is -0.409.